The number of carbonyl (C=O) groups excluding carboxylic acids is 1. The van der Waals surface area contributed by atoms with Crippen molar-refractivity contribution in [1.82, 2.24) is 5.32 Å². The van der Waals surface area contributed by atoms with Crippen molar-refractivity contribution in [1.29, 1.82) is 0 Å². The van der Waals surface area contributed by atoms with Crippen molar-refractivity contribution in [3.63, 3.8) is 0 Å². The summed E-state index contributed by atoms with van der Waals surface area (Å²) in [4.78, 5) is 23.7. The third-order valence-corrected chi connectivity index (χ3v) is 4.56. The summed E-state index contributed by atoms with van der Waals surface area (Å²) >= 11 is 5.96. The molecule has 1 fully saturated rings. The van der Waals surface area contributed by atoms with Gasteiger partial charge in [-0.05, 0) is 37.5 Å². The monoisotopic (exact) mass is 355 g/mol. The largest absolute Gasteiger partial charge is 0.503 e. The number of hydrogen-bond acceptors (Lipinski definition) is 4. The number of amides is 1. The minimum atomic E-state index is -0.916. The van der Waals surface area contributed by atoms with Gasteiger partial charge in [0.15, 0.2) is 11.5 Å². The van der Waals surface area contributed by atoms with Crippen LogP contribution in [-0.2, 0) is 16.1 Å². The molecule has 0 saturated heterocycles. The Morgan fingerprint density at radius 1 is 1.29 bits per heavy atom. The van der Waals surface area contributed by atoms with Crippen LogP contribution in [0.2, 0.25) is 5.02 Å². The fourth-order valence-electron chi connectivity index (χ4n) is 3.06. The van der Waals surface area contributed by atoms with Gasteiger partial charge in [-0.1, -0.05) is 24.4 Å². The van der Waals surface area contributed by atoms with Gasteiger partial charge in [0.2, 0.25) is 5.91 Å². The van der Waals surface area contributed by atoms with Crippen molar-refractivity contribution >= 4 is 23.5 Å². The summed E-state index contributed by atoms with van der Waals surface area (Å²) < 4.78 is 5.30. The molecule has 2 unspecified atom stereocenters. The zero-order valence-corrected chi connectivity index (χ0v) is 14.3. The number of hydrogen-bond donors (Lipinski definition) is 3. The number of aliphatic carboxylic acids is 1. The van der Waals surface area contributed by atoms with E-state index in [0.717, 1.165) is 12.8 Å². The summed E-state index contributed by atoms with van der Waals surface area (Å²) in [6, 6.07) is 3.16. The van der Waals surface area contributed by atoms with Crippen LogP contribution in [0.5, 0.6) is 11.5 Å². The van der Waals surface area contributed by atoms with Gasteiger partial charge in [0.1, 0.15) is 0 Å². The summed E-state index contributed by atoms with van der Waals surface area (Å²) in [5.41, 5.74) is 0.678. The Bertz CT molecular complexity index is 619. The average molecular weight is 356 g/mol. The van der Waals surface area contributed by atoms with Crippen LogP contribution in [0, 0.1) is 11.8 Å². The predicted molar refractivity (Wildman–Crippen MR) is 89.2 cm³/mol. The molecule has 1 aromatic carbocycles. The van der Waals surface area contributed by atoms with Gasteiger partial charge in [0.25, 0.3) is 0 Å². The van der Waals surface area contributed by atoms with Crippen molar-refractivity contribution in [2.45, 2.75) is 39.2 Å². The Hall–Kier alpha value is -1.95. The van der Waals surface area contributed by atoms with E-state index < -0.39 is 17.8 Å². The van der Waals surface area contributed by atoms with Gasteiger partial charge in [-0.3, -0.25) is 9.59 Å². The minimum absolute atomic E-state index is 0.133. The number of ether oxygens (including phenoxy) is 1. The van der Waals surface area contributed by atoms with Gasteiger partial charge in [0, 0.05) is 6.54 Å². The van der Waals surface area contributed by atoms with Crippen LogP contribution < -0.4 is 10.1 Å². The lowest BCUT2D eigenvalue weighted by molar-refractivity contribution is -0.148. The fourth-order valence-corrected chi connectivity index (χ4v) is 3.29. The first-order valence-corrected chi connectivity index (χ1v) is 8.46. The minimum Gasteiger partial charge on any atom is -0.503 e. The molecule has 6 nitrogen and oxygen atoms in total. The van der Waals surface area contributed by atoms with Crippen molar-refractivity contribution in [3.05, 3.63) is 22.7 Å². The standard InChI is InChI=1S/C17H22ClNO5/c1-2-24-14-8-10(7-13(18)15(14)20)9-19-16(21)11-5-3-4-6-12(11)17(22)23/h7-8,11-12,20H,2-6,9H2,1H3,(H,19,21)(H,22,23). The molecule has 1 aromatic rings. The van der Waals surface area contributed by atoms with Crippen LogP contribution >= 0.6 is 11.6 Å². The Kier molecular flexibility index (Phi) is 6.31. The second kappa shape index (κ2) is 8.24. The van der Waals surface area contributed by atoms with E-state index in [1.165, 1.54) is 0 Å². The van der Waals surface area contributed by atoms with Gasteiger partial charge in [-0.15, -0.1) is 0 Å². The van der Waals surface area contributed by atoms with E-state index in [0.29, 0.717) is 25.0 Å². The molecule has 7 heteroatoms. The number of aromatic hydroxyl groups is 1. The molecule has 0 heterocycles. The lowest BCUT2D eigenvalue weighted by Crippen LogP contribution is -2.39. The lowest BCUT2D eigenvalue weighted by atomic mass is 9.78. The molecule has 1 amide bonds. The molecular weight excluding hydrogens is 334 g/mol. The second-order valence-electron chi connectivity index (χ2n) is 5.91. The number of nitrogens with one attached hydrogen (secondary N) is 1. The zero-order valence-electron chi connectivity index (χ0n) is 13.5. The first-order valence-electron chi connectivity index (χ1n) is 8.08. The summed E-state index contributed by atoms with van der Waals surface area (Å²) in [5, 5.41) is 22.0. The van der Waals surface area contributed by atoms with Crippen LogP contribution in [0.15, 0.2) is 12.1 Å². The van der Waals surface area contributed by atoms with Crippen LogP contribution in [0.25, 0.3) is 0 Å². The van der Waals surface area contributed by atoms with Crippen LogP contribution in [-0.4, -0.2) is 28.7 Å². The predicted octanol–water partition coefficient (Wildman–Crippen LogP) is 2.95. The molecule has 24 heavy (non-hydrogen) atoms. The van der Waals surface area contributed by atoms with Gasteiger partial charge in [-0.2, -0.15) is 0 Å². The summed E-state index contributed by atoms with van der Waals surface area (Å²) in [7, 11) is 0. The fraction of sp³-hybridized carbons (Fsp3) is 0.529. The highest BCUT2D eigenvalue weighted by Gasteiger charge is 2.35. The van der Waals surface area contributed by atoms with Crippen LogP contribution in [0.1, 0.15) is 38.2 Å². The lowest BCUT2D eigenvalue weighted by Gasteiger charge is -2.27. The number of phenols is 1. The first-order chi connectivity index (χ1) is 11.4. The van der Waals surface area contributed by atoms with E-state index in [2.05, 4.69) is 5.32 Å². The van der Waals surface area contributed by atoms with Crippen LogP contribution in [0.4, 0.5) is 0 Å². The molecule has 0 aliphatic heterocycles. The Labute approximate surface area is 145 Å². The van der Waals surface area contributed by atoms with Crippen molar-refractivity contribution in [3.8, 4) is 11.5 Å². The molecule has 1 saturated carbocycles. The molecule has 1 aliphatic carbocycles. The topological polar surface area (TPSA) is 95.9 Å². The SMILES string of the molecule is CCOc1cc(CNC(=O)C2CCCCC2C(=O)O)cc(Cl)c1O. The van der Waals surface area contributed by atoms with E-state index in [4.69, 9.17) is 16.3 Å². The Morgan fingerprint density at radius 3 is 2.58 bits per heavy atom. The molecular formula is C17H22ClNO5. The normalized spacial score (nSPS) is 20.4. The number of benzene rings is 1. The van der Waals surface area contributed by atoms with Gasteiger partial charge < -0.3 is 20.3 Å². The van der Waals surface area contributed by atoms with E-state index >= 15 is 0 Å². The number of carbonyl (C=O) groups is 2. The molecule has 0 bridgehead atoms. The Balaban J connectivity index is 2.04. The maximum Gasteiger partial charge on any atom is 0.307 e. The number of phenolic OH excluding ortho intramolecular Hbond substituents is 1. The van der Waals surface area contributed by atoms with E-state index in [-0.39, 0.29) is 29.0 Å². The molecule has 3 N–H and O–H groups in total. The zero-order chi connectivity index (χ0) is 17.7. The molecule has 2 atom stereocenters. The van der Waals surface area contributed by atoms with Crippen molar-refractivity contribution < 1.29 is 24.5 Å². The Morgan fingerprint density at radius 2 is 1.96 bits per heavy atom. The third kappa shape index (κ3) is 4.32. The van der Waals surface area contributed by atoms with Gasteiger partial charge in [-0.25, -0.2) is 0 Å². The van der Waals surface area contributed by atoms with Crippen molar-refractivity contribution in [2.75, 3.05) is 6.61 Å². The highest BCUT2D eigenvalue weighted by Crippen LogP contribution is 2.35. The molecule has 1 aliphatic rings. The molecule has 0 radical (unpaired) electrons. The molecule has 132 valence electrons. The van der Waals surface area contributed by atoms with Crippen molar-refractivity contribution in [2.24, 2.45) is 11.8 Å². The molecule has 2 rings (SSSR count). The number of halogens is 1. The molecule has 0 aromatic heterocycles. The average Bonchev–Trinajstić information content (AvgIpc) is 2.57. The summed E-state index contributed by atoms with van der Waals surface area (Å²) in [5.74, 6) is -2.18. The van der Waals surface area contributed by atoms with E-state index in [9.17, 15) is 19.8 Å². The quantitative estimate of drug-likeness (QED) is 0.729. The first kappa shape index (κ1) is 18.4. The maximum atomic E-state index is 12.4. The van der Waals surface area contributed by atoms with Gasteiger partial charge in [0.05, 0.1) is 23.5 Å². The molecule has 0 spiro atoms. The second-order valence-corrected chi connectivity index (χ2v) is 6.32. The van der Waals surface area contributed by atoms with Crippen LogP contribution in [0.3, 0.4) is 0 Å². The number of carboxylic acids is 1. The smallest absolute Gasteiger partial charge is 0.307 e. The summed E-state index contributed by atoms with van der Waals surface area (Å²) in [6.45, 7) is 2.36. The van der Waals surface area contributed by atoms with Gasteiger partial charge >= 0.3 is 5.97 Å². The highest BCUT2D eigenvalue weighted by atomic mass is 35.5. The highest BCUT2D eigenvalue weighted by molar-refractivity contribution is 6.32. The number of rotatable bonds is 6. The third-order valence-electron chi connectivity index (χ3n) is 4.27. The summed E-state index contributed by atoms with van der Waals surface area (Å²) in [6.07, 6.45) is 2.82. The van der Waals surface area contributed by atoms with E-state index in [1.807, 2.05) is 0 Å². The number of carboxylic acid groups (broad SMARTS) is 1. The van der Waals surface area contributed by atoms with E-state index in [1.54, 1.807) is 19.1 Å². The maximum absolute atomic E-state index is 12.4.